The van der Waals surface area contributed by atoms with Gasteiger partial charge in [0.2, 0.25) is 0 Å². The van der Waals surface area contributed by atoms with Gasteiger partial charge in [-0.25, -0.2) is 0 Å². The molecule has 0 spiro atoms. The topological polar surface area (TPSA) is 139 Å². The van der Waals surface area contributed by atoms with E-state index in [4.69, 9.17) is 76.8 Å². The largest absolute Gasteiger partial charge is 0.493 e. The minimum absolute atomic E-state index is 0.246. The monoisotopic (exact) mass is 866 g/mol. The Bertz CT molecular complexity index is 2180. The van der Waals surface area contributed by atoms with Crippen molar-refractivity contribution >= 4 is 79.6 Å². The van der Waals surface area contributed by atoms with E-state index in [0.29, 0.717) is 67.7 Å². The number of ether oxygens (including phenoxy) is 4. The van der Waals surface area contributed by atoms with E-state index in [1.807, 2.05) is 38.1 Å². The summed E-state index contributed by atoms with van der Waals surface area (Å²) in [6.45, 7) is 9.64. The normalized spacial score (nSPS) is 12.1. The van der Waals surface area contributed by atoms with Crippen LogP contribution >= 0.6 is 46.4 Å². The molecule has 0 amide bonds. The van der Waals surface area contributed by atoms with Crippen LogP contribution in [-0.2, 0) is 0 Å². The van der Waals surface area contributed by atoms with Gasteiger partial charge < -0.3 is 41.0 Å². The fourth-order valence-electron chi connectivity index (χ4n) is 6.44. The third-order valence-electron chi connectivity index (χ3n) is 9.43. The number of pyridine rings is 2. The molecule has 2 aromatic heterocycles. The number of anilines is 2. The Labute approximate surface area is 360 Å². The van der Waals surface area contributed by atoms with Crippen molar-refractivity contribution in [3.05, 3.63) is 104 Å². The molecule has 0 saturated carbocycles. The molecule has 0 aliphatic carbocycles. The van der Waals surface area contributed by atoms with Gasteiger partial charge >= 0.3 is 0 Å². The zero-order valence-electron chi connectivity index (χ0n) is 33.5. The number of hydrogen-bond donors (Lipinski definition) is 4. The van der Waals surface area contributed by atoms with Gasteiger partial charge in [-0.15, -0.1) is 0 Å². The first-order valence-corrected chi connectivity index (χ1v) is 20.5. The van der Waals surface area contributed by atoms with E-state index in [0.717, 1.165) is 70.0 Å². The smallest absolute Gasteiger partial charge is 0.179 e. The molecule has 4 aromatic carbocycles. The Balaban J connectivity index is 0.000000221. The average molecular weight is 869 g/mol. The maximum atomic E-state index is 6.20. The van der Waals surface area contributed by atoms with Crippen LogP contribution in [0.1, 0.15) is 50.7 Å². The molecule has 14 heteroatoms. The van der Waals surface area contributed by atoms with E-state index in [1.54, 1.807) is 63.0 Å². The summed E-state index contributed by atoms with van der Waals surface area (Å²) >= 11 is 24.4. The molecule has 0 aliphatic heterocycles. The molecule has 10 nitrogen and oxygen atoms in total. The maximum Gasteiger partial charge on any atom is 0.179 e. The molecule has 308 valence electrons. The van der Waals surface area contributed by atoms with E-state index in [9.17, 15) is 0 Å². The molecule has 0 aliphatic rings. The molecule has 0 radical (unpaired) electrons. The lowest BCUT2D eigenvalue weighted by molar-refractivity contribution is 0.381. The Morgan fingerprint density at radius 3 is 1.33 bits per heavy atom. The number of benzene rings is 4. The van der Waals surface area contributed by atoms with Crippen molar-refractivity contribution in [2.24, 2.45) is 11.5 Å². The van der Waals surface area contributed by atoms with Crippen molar-refractivity contribution in [1.82, 2.24) is 9.97 Å². The van der Waals surface area contributed by atoms with Crippen LogP contribution in [0.15, 0.2) is 73.1 Å². The molecule has 1 unspecified atom stereocenters. The number of halogens is 4. The summed E-state index contributed by atoms with van der Waals surface area (Å²) in [4.78, 5) is 9.23. The number of fused-ring (bicyclic) bond motifs is 2. The first-order valence-electron chi connectivity index (χ1n) is 19.0. The van der Waals surface area contributed by atoms with E-state index in [2.05, 4.69) is 34.4 Å². The minimum atomic E-state index is 0.246. The first kappa shape index (κ1) is 44.7. The second-order valence-corrected chi connectivity index (χ2v) is 15.6. The van der Waals surface area contributed by atoms with Crippen molar-refractivity contribution in [2.45, 2.75) is 65.5 Å². The van der Waals surface area contributed by atoms with E-state index in [1.165, 1.54) is 0 Å². The number of methoxy groups -OCH3 is 2. The lowest BCUT2D eigenvalue weighted by Crippen LogP contribution is -2.17. The number of aromatic nitrogens is 2. The number of nitrogens with one attached hydrogen (secondary N) is 2. The molecule has 6 aromatic rings. The van der Waals surface area contributed by atoms with Crippen molar-refractivity contribution in [2.75, 3.05) is 37.9 Å². The summed E-state index contributed by atoms with van der Waals surface area (Å²) in [5.74, 6) is 3.53. The standard InChI is InChI=1S/2C22H25Cl2N3O2/c2*1-13-8-10-26-21-18(27-14(2)5-4-9-25)12-19(28-3)22(20(13)21)29-15-6-7-16(23)17(24)11-15/h2*6-8,10-12,14,27H,4-5,9,25H2,1-3H3/t14-;/m0./s1. The fraction of sp³-hybridized carbons (Fsp3) is 0.318. The van der Waals surface area contributed by atoms with Crippen LogP contribution in [0.25, 0.3) is 21.8 Å². The second kappa shape index (κ2) is 21.0. The van der Waals surface area contributed by atoms with Gasteiger partial charge in [0.05, 0.1) is 67.5 Å². The summed E-state index contributed by atoms with van der Waals surface area (Å²) in [7, 11) is 3.24. The first-order chi connectivity index (χ1) is 27.9. The average Bonchev–Trinajstić information content (AvgIpc) is 3.20. The SMILES string of the molecule is COc1cc(NC(C)CCCN)c2nccc(C)c2c1Oc1ccc(Cl)c(Cl)c1.COc1cc(N[C@@H](C)CCCN)c2nccc(C)c2c1Oc1ccc(Cl)c(Cl)c1. The predicted molar refractivity (Wildman–Crippen MR) is 242 cm³/mol. The molecule has 2 heterocycles. The quantitative estimate of drug-likeness (QED) is 0.0743. The van der Waals surface area contributed by atoms with E-state index < -0.39 is 0 Å². The third kappa shape index (κ3) is 11.0. The highest BCUT2D eigenvalue weighted by Crippen LogP contribution is 2.46. The second-order valence-electron chi connectivity index (χ2n) is 13.9. The van der Waals surface area contributed by atoms with Crippen molar-refractivity contribution < 1.29 is 18.9 Å². The Morgan fingerprint density at radius 1 is 0.586 bits per heavy atom. The van der Waals surface area contributed by atoms with Crippen molar-refractivity contribution in [3.8, 4) is 34.5 Å². The van der Waals surface area contributed by atoms with Gasteiger partial charge in [0.1, 0.15) is 11.5 Å². The van der Waals surface area contributed by atoms with Gasteiger partial charge in [-0.05, 0) is 114 Å². The molecule has 58 heavy (non-hydrogen) atoms. The summed E-state index contributed by atoms with van der Waals surface area (Å²) in [6.07, 6.45) is 7.43. The van der Waals surface area contributed by atoms with Crippen molar-refractivity contribution in [3.63, 3.8) is 0 Å². The number of aryl methyl sites for hydroxylation is 2. The van der Waals surface area contributed by atoms with Crippen LogP contribution in [0.4, 0.5) is 11.4 Å². The van der Waals surface area contributed by atoms with Gasteiger partial charge in [-0.3, -0.25) is 9.97 Å². The molecule has 6 rings (SSSR count). The molecule has 0 fully saturated rings. The van der Waals surface area contributed by atoms with E-state index in [-0.39, 0.29) is 12.1 Å². The minimum Gasteiger partial charge on any atom is -0.493 e. The fourth-order valence-corrected chi connectivity index (χ4v) is 7.02. The molecule has 6 N–H and O–H groups in total. The number of rotatable bonds is 16. The summed E-state index contributed by atoms with van der Waals surface area (Å²) in [5, 5.41) is 10.6. The van der Waals surface area contributed by atoms with Crippen LogP contribution in [0, 0.1) is 13.8 Å². The van der Waals surface area contributed by atoms with Crippen molar-refractivity contribution in [1.29, 1.82) is 0 Å². The van der Waals surface area contributed by atoms with Gasteiger partial charge in [-0.1, -0.05) is 46.4 Å². The predicted octanol–water partition coefficient (Wildman–Crippen LogP) is 12.4. The lowest BCUT2D eigenvalue weighted by Gasteiger charge is -2.20. The lowest BCUT2D eigenvalue weighted by atomic mass is 10.1. The highest BCUT2D eigenvalue weighted by molar-refractivity contribution is 6.42. The van der Waals surface area contributed by atoms with Gasteiger partial charge in [0, 0.05) is 48.7 Å². The summed E-state index contributed by atoms with van der Waals surface area (Å²) in [6, 6.07) is 18.5. The van der Waals surface area contributed by atoms with Crippen LogP contribution in [-0.4, -0.2) is 49.4 Å². The highest BCUT2D eigenvalue weighted by atomic mass is 35.5. The Kier molecular flexibility index (Phi) is 16.2. The third-order valence-corrected chi connectivity index (χ3v) is 10.9. The number of nitrogens with two attached hydrogens (primary N) is 2. The van der Waals surface area contributed by atoms with Crippen LogP contribution in [0.3, 0.4) is 0 Å². The maximum absolute atomic E-state index is 6.20. The Morgan fingerprint density at radius 2 is 0.983 bits per heavy atom. The van der Waals surface area contributed by atoms with Gasteiger partial charge in [0.15, 0.2) is 23.0 Å². The summed E-state index contributed by atoms with van der Waals surface area (Å²) in [5.41, 5.74) is 16.8. The van der Waals surface area contributed by atoms with Gasteiger partial charge in [-0.2, -0.15) is 0 Å². The molecule has 0 bridgehead atoms. The zero-order chi connectivity index (χ0) is 41.9. The number of nitrogens with zero attached hydrogens (tertiary/aromatic N) is 2. The highest BCUT2D eigenvalue weighted by Gasteiger charge is 2.21. The van der Waals surface area contributed by atoms with Crippen LogP contribution in [0.5, 0.6) is 34.5 Å². The molecular weight excluding hydrogens is 818 g/mol. The molecular formula is C44H50Cl4N6O4. The van der Waals surface area contributed by atoms with Crippen LogP contribution in [0.2, 0.25) is 20.1 Å². The van der Waals surface area contributed by atoms with Gasteiger partial charge in [0.25, 0.3) is 0 Å². The zero-order valence-corrected chi connectivity index (χ0v) is 36.5. The van der Waals surface area contributed by atoms with E-state index >= 15 is 0 Å². The molecule has 2 atom stereocenters. The molecule has 0 saturated heterocycles. The number of hydrogen-bond acceptors (Lipinski definition) is 10. The van der Waals surface area contributed by atoms with Crippen LogP contribution < -0.4 is 41.0 Å². The summed E-state index contributed by atoms with van der Waals surface area (Å²) < 4.78 is 23.7. The Hall–Kier alpha value is -4.42.